The summed E-state index contributed by atoms with van der Waals surface area (Å²) in [7, 11) is -3.43. The molecule has 5 nitrogen and oxygen atoms in total. The largest absolute Gasteiger partial charge is 0.325 e. The van der Waals surface area contributed by atoms with Gasteiger partial charge < -0.3 is 5.32 Å². The van der Waals surface area contributed by atoms with Crippen molar-refractivity contribution in [1.82, 2.24) is 4.31 Å². The lowest BCUT2D eigenvalue weighted by molar-refractivity contribution is -0.116. The number of nitrogens with zero attached hydrogens (tertiary/aromatic N) is 1. The van der Waals surface area contributed by atoms with E-state index in [0.717, 1.165) is 36.8 Å². The van der Waals surface area contributed by atoms with Gasteiger partial charge in [-0.3, -0.25) is 4.79 Å². The summed E-state index contributed by atoms with van der Waals surface area (Å²) < 4.78 is 25.5. The topological polar surface area (TPSA) is 66.5 Å². The number of allylic oxidation sites excluding steroid dienone is 1. The molecule has 0 atom stereocenters. The Bertz CT molecular complexity index is 754. The van der Waals surface area contributed by atoms with Crippen LogP contribution in [0.25, 0.3) is 0 Å². The third-order valence-corrected chi connectivity index (χ3v) is 5.96. The van der Waals surface area contributed by atoms with Gasteiger partial charge in [0.1, 0.15) is 0 Å². The third-order valence-electron chi connectivity index (χ3n) is 4.71. The smallest absolute Gasteiger partial charge is 0.239 e. The van der Waals surface area contributed by atoms with Crippen molar-refractivity contribution < 1.29 is 13.2 Å². The van der Waals surface area contributed by atoms with E-state index in [-0.39, 0.29) is 18.4 Å². The predicted molar refractivity (Wildman–Crippen MR) is 107 cm³/mol. The molecule has 0 saturated heterocycles. The Balaban J connectivity index is 2.01. The summed E-state index contributed by atoms with van der Waals surface area (Å²) in [6, 6.07) is 7.63. The van der Waals surface area contributed by atoms with Gasteiger partial charge in [0.05, 0.1) is 12.8 Å². The van der Waals surface area contributed by atoms with Crippen molar-refractivity contribution in [3.63, 3.8) is 0 Å². The SMILES string of the molecule is CC(C)c1ccccc1NC(=O)CN(CCC1=CCCCC1)S(C)(=O)=O. The second-order valence-corrected chi connectivity index (χ2v) is 9.23. The van der Waals surface area contributed by atoms with Gasteiger partial charge in [-0.1, -0.05) is 43.7 Å². The molecule has 0 aromatic heterocycles. The number of hydrogen-bond donors (Lipinski definition) is 1. The van der Waals surface area contributed by atoms with Gasteiger partial charge >= 0.3 is 0 Å². The van der Waals surface area contributed by atoms with Crippen molar-refractivity contribution in [2.45, 2.75) is 51.9 Å². The van der Waals surface area contributed by atoms with Crippen LogP contribution in [-0.4, -0.2) is 38.0 Å². The second-order valence-electron chi connectivity index (χ2n) is 7.24. The van der Waals surface area contributed by atoms with Crippen LogP contribution in [0.2, 0.25) is 0 Å². The van der Waals surface area contributed by atoms with Gasteiger partial charge in [-0.05, 0) is 49.7 Å². The number of para-hydroxylation sites is 1. The van der Waals surface area contributed by atoms with E-state index in [1.807, 2.05) is 24.3 Å². The first-order valence-electron chi connectivity index (χ1n) is 9.29. The zero-order valence-corrected chi connectivity index (χ0v) is 16.8. The van der Waals surface area contributed by atoms with Gasteiger partial charge in [0.2, 0.25) is 15.9 Å². The first-order chi connectivity index (χ1) is 12.3. The molecule has 0 spiro atoms. The van der Waals surface area contributed by atoms with Crippen LogP contribution in [0.1, 0.15) is 57.4 Å². The van der Waals surface area contributed by atoms with E-state index >= 15 is 0 Å². The number of amides is 1. The van der Waals surface area contributed by atoms with Crippen LogP contribution in [-0.2, 0) is 14.8 Å². The van der Waals surface area contributed by atoms with Gasteiger partial charge in [0.15, 0.2) is 0 Å². The minimum Gasteiger partial charge on any atom is -0.325 e. The highest BCUT2D eigenvalue weighted by Gasteiger charge is 2.21. The van der Waals surface area contributed by atoms with E-state index in [2.05, 4.69) is 25.2 Å². The molecule has 2 rings (SSSR count). The number of rotatable bonds is 8. The molecule has 0 radical (unpaired) electrons. The van der Waals surface area contributed by atoms with Gasteiger partial charge in [-0.25, -0.2) is 8.42 Å². The van der Waals surface area contributed by atoms with Crippen LogP contribution in [0, 0.1) is 0 Å². The van der Waals surface area contributed by atoms with E-state index in [9.17, 15) is 13.2 Å². The molecule has 1 aliphatic carbocycles. The summed E-state index contributed by atoms with van der Waals surface area (Å²) in [5.74, 6) is -0.0306. The molecule has 144 valence electrons. The average Bonchev–Trinajstić information content (AvgIpc) is 2.58. The fourth-order valence-electron chi connectivity index (χ4n) is 3.23. The highest BCUT2D eigenvalue weighted by Crippen LogP contribution is 2.24. The summed E-state index contributed by atoms with van der Waals surface area (Å²) in [6.45, 7) is 4.32. The Morgan fingerprint density at radius 2 is 1.96 bits per heavy atom. The summed E-state index contributed by atoms with van der Waals surface area (Å²) in [6.07, 6.45) is 8.55. The molecule has 1 aliphatic rings. The maximum atomic E-state index is 12.5. The number of hydrogen-bond acceptors (Lipinski definition) is 3. The first-order valence-corrected chi connectivity index (χ1v) is 11.1. The average molecular weight is 379 g/mol. The molecule has 1 aromatic rings. The molecule has 26 heavy (non-hydrogen) atoms. The highest BCUT2D eigenvalue weighted by molar-refractivity contribution is 7.88. The summed E-state index contributed by atoms with van der Waals surface area (Å²) in [5, 5.41) is 2.87. The summed E-state index contributed by atoms with van der Waals surface area (Å²) in [5.41, 5.74) is 3.09. The van der Waals surface area contributed by atoms with Crippen LogP contribution in [0.15, 0.2) is 35.9 Å². The minimum atomic E-state index is -3.43. The first kappa shape index (κ1) is 20.6. The zero-order chi connectivity index (χ0) is 19.2. The molecule has 1 N–H and O–H groups in total. The molecule has 0 saturated carbocycles. The molecular formula is C20H30N2O3S. The van der Waals surface area contributed by atoms with E-state index in [0.29, 0.717) is 13.0 Å². The summed E-state index contributed by atoms with van der Waals surface area (Å²) >= 11 is 0. The number of anilines is 1. The van der Waals surface area contributed by atoms with E-state index in [1.54, 1.807) is 0 Å². The van der Waals surface area contributed by atoms with E-state index in [4.69, 9.17) is 0 Å². The van der Waals surface area contributed by atoms with Crippen molar-refractivity contribution in [3.8, 4) is 0 Å². The Morgan fingerprint density at radius 1 is 1.23 bits per heavy atom. The standard InChI is InChI=1S/C20H30N2O3S/c1-16(2)18-11-7-8-12-19(18)21-20(23)15-22(26(3,24)25)14-13-17-9-5-4-6-10-17/h7-9,11-12,16H,4-6,10,13-15H2,1-3H3,(H,21,23). The fourth-order valence-corrected chi connectivity index (χ4v) is 4.00. The van der Waals surface area contributed by atoms with Crippen LogP contribution < -0.4 is 5.32 Å². The van der Waals surface area contributed by atoms with Gasteiger partial charge in [0, 0.05) is 12.2 Å². The lowest BCUT2D eigenvalue weighted by Gasteiger charge is -2.22. The van der Waals surface area contributed by atoms with Crippen molar-refractivity contribution in [3.05, 3.63) is 41.5 Å². The van der Waals surface area contributed by atoms with Crippen LogP contribution in [0.5, 0.6) is 0 Å². The van der Waals surface area contributed by atoms with Gasteiger partial charge in [-0.2, -0.15) is 4.31 Å². The van der Waals surface area contributed by atoms with Crippen LogP contribution >= 0.6 is 0 Å². The zero-order valence-electron chi connectivity index (χ0n) is 16.0. The number of carbonyl (C=O) groups excluding carboxylic acids is 1. The molecule has 0 fully saturated rings. The second kappa shape index (κ2) is 9.33. The lowest BCUT2D eigenvalue weighted by Crippen LogP contribution is -2.38. The normalized spacial score (nSPS) is 15.2. The highest BCUT2D eigenvalue weighted by atomic mass is 32.2. The number of sulfonamides is 1. The molecular weight excluding hydrogens is 348 g/mol. The Labute approximate surface area is 157 Å². The molecule has 0 unspecified atom stereocenters. The maximum absolute atomic E-state index is 12.5. The van der Waals surface area contributed by atoms with Crippen LogP contribution in [0.3, 0.4) is 0 Å². The molecule has 0 heterocycles. The number of nitrogens with one attached hydrogen (secondary N) is 1. The molecule has 6 heteroatoms. The van der Waals surface area contributed by atoms with Crippen LogP contribution in [0.4, 0.5) is 5.69 Å². The maximum Gasteiger partial charge on any atom is 0.239 e. The Kier molecular flexibility index (Phi) is 7.41. The summed E-state index contributed by atoms with van der Waals surface area (Å²) in [4.78, 5) is 12.5. The van der Waals surface area contributed by atoms with Crippen molar-refractivity contribution in [2.24, 2.45) is 0 Å². The molecule has 1 aromatic carbocycles. The van der Waals surface area contributed by atoms with Gasteiger partial charge in [0.25, 0.3) is 0 Å². The van der Waals surface area contributed by atoms with Crippen molar-refractivity contribution >= 4 is 21.6 Å². The number of carbonyl (C=O) groups is 1. The lowest BCUT2D eigenvalue weighted by atomic mass is 9.97. The van der Waals surface area contributed by atoms with Crippen molar-refractivity contribution in [1.29, 1.82) is 0 Å². The quantitative estimate of drug-likeness (QED) is 0.698. The molecule has 1 amide bonds. The van der Waals surface area contributed by atoms with Crippen molar-refractivity contribution in [2.75, 3.05) is 24.7 Å². The minimum absolute atomic E-state index is 0.154. The van der Waals surface area contributed by atoms with E-state index in [1.165, 1.54) is 16.3 Å². The Hall–Kier alpha value is -1.66. The van der Waals surface area contributed by atoms with Gasteiger partial charge in [-0.15, -0.1) is 0 Å². The third kappa shape index (κ3) is 6.25. The molecule has 0 aliphatic heterocycles. The predicted octanol–water partition coefficient (Wildman–Crippen LogP) is 3.90. The monoisotopic (exact) mass is 378 g/mol. The van der Waals surface area contributed by atoms with E-state index < -0.39 is 10.0 Å². The number of benzene rings is 1. The molecule has 0 bridgehead atoms. The Morgan fingerprint density at radius 3 is 2.58 bits per heavy atom. The fraction of sp³-hybridized carbons (Fsp3) is 0.550.